The molecular formula is C24H27NO3. The van der Waals surface area contributed by atoms with Gasteiger partial charge in [0.1, 0.15) is 18.1 Å². The summed E-state index contributed by atoms with van der Waals surface area (Å²) in [5.74, 6) is 1.22. The van der Waals surface area contributed by atoms with Crippen LogP contribution in [0.5, 0.6) is 5.75 Å². The van der Waals surface area contributed by atoms with Gasteiger partial charge in [-0.1, -0.05) is 50.6 Å². The molecule has 0 amide bonds. The highest BCUT2D eigenvalue weighted by Crippen LogP contribution is 2.34. The molecule has 28 heavy (non-hydrogen) atoms. The molecule has 2 heterocycles. The number of rotatable bonds is 6. The van der Waals surface area contributed by atoms with Crippen LogP contribution >= 0.6 is 0 Å². The van der Waals surface area contributed by atoms with E-state index in [0.29, 0.717) is 18.2 Å². The summed E-state index contributed by atoms with van der Waals surface area (Å²) in [4.78, 5) is 14.5. The van der Waals surface area contributed by atoms with Gasteiger partial charge in [0.05, 0.1) is 5.56 Å². The number of unbranched alkanes of at least 4 members (excludes halogenated alkanes) is 1. The third-order valence-corrected chi connectivity index (χ3v) is 5.54. The van der Waals surface area contributed by atoms with Crippen molar-refractivity contribution in [1.82, 2.24) is 4.90 Å². The molecule has 146 valence electrons. The minimum Gasteiger partial charge on any atom is -0.478 e. The number of hydrogen-bond donors (Lipinski definition) is 0. The highest BCUT2D eigenvalue weighted by atomic mass is 16.5. The third-order valence-electron chi connectivity index (χ3n) is 5.54. The average molecular weight is 377 g/mol. The Morgan fingerprint density at radius 3 is 2.75 bits per heavy atom. The maximum absolute atomic E-state index is 12.2. The molecule has 2 aromatic carbocycles. The van der Waals surface area contributed by atoms with Crippen molar-refractivity contribution in [2.24, 2.45) is 0 Å². The summed E-state index contributed by atoms with van der Waals surface area (Å²) < 4.78 is 11.7. The topological polar surface area (TPSA) is 42.7 Å². The largest absolute Gasteiger partial charge is 0.478 e. The number of fused-ring (bicyclic) bond motifs is 3. The molecule has 1 aliphatic heterocycles. The van der Waals surface area contributed by atoms with Crippen molar-refractivity contribution in [3.8, 4) is 5.75 Å². The van der Waals surface area contributed by atoms with Gasteiger partial charge in [-0.05, 0) is 42.0 Å². The normalized spacial score (nSPS) is 15.2. The van der Waals surface area contributed by atoms with Crippen molar-refractivity contribution in [1.29, 1.82) is 0 Å². The SMILES string of the molecule is CCCCc1cc(=O)oc2c3c(ccc12)OCN(CC(C)c1ccccc1)C3. The lowest BCUT2D eigenvalue weighted by atomic mass is 9.99. The van der Waals surface area contributed by atoms with Gasteiger partial charge in [0.25, 0.3) is 0 Å². The van der Waals surface area contributed by atoms with E-state index in [2.05, 4.69) is 43.0 Å². The van der Waals surface area contributed by atoms with Crippen molar-refractivity contribution >= 4 is 11.0 Å². The number of ether oxygens (including phenoxy) is 1. The first-order chi connectivity index (χ1) is 13.7. The minimum atomic E-state index is -0.276. The van der Waals surface area contributed by atoms with Gasteiger partial charge in [-0.15, -0.1) is 0 Å². The molecule has 0 saturated heterocycles. The quantitative estimate of drug-likeness (QED) is 0.561. The van der Waals surface area contributed by atoms with Crippen LogP contribution in [0.25, 0.3) is 11.0 Å². The predicted molar refractivity (Wildman–Crippen MR) is 112 cm³/mol. The smallest absolute Gasteiger partial charge is 0.336 e. The molecule has 0 saturated carbocycles. The predicted octanol–water partition coefficient (Wildman–Crippen LogP) is 5.09. The van der Waals surface area contributed by atoms with E-state index in [1.807, 2.05) is 18.2 Å². The van der Waals surface area contributed by atoms with Crippen molar-refractivity contribution in [3.05, 3.63) is 75.6 Å². The number of hydrogen-bond acceptors (Lipinski definition) is 4. The first-order valence-electron chi connectivity index (χ1n) is 10.1. The van der Waals surface area contributed by atoms with E-state index in [0.717, 1.165) is 54.6 Å². The van der Waals surface area contributed by atoms with Crippen LogP contribution in [-0.4, -0.2) is 18.2 Å². The van der Waals surface area contributed by atoms with Gasteiger partial charge < -0.3 is 9.15 Å². The molecule has 0 aliphatic carbocycles. The average Bonchev–Trinajstić information content (AvgIpc) is 2.72. The third kappa shape index (κ3) is 3.83. The van der Waals surface area contributed by atoms with E-state index in [4.69, 9.17) is 9.15 Å². The van der Waals surface area contributed by atoms with Crippen molar-refractivity contribution in [2.75, 3.05) is 13.3 Å². The second kappa shape index (κ2) is 8.19. The first-order valence-corrected chi connectivity index (χ1v) is 10.1. The Bertz CT molecular complexity index is 1010. The maximum Gasteiger partial charge on any atom is 0.336 e. The molecule has 1 atom stereocenters. The summed E-state index contributed by atoms with van der Waals surface area (Å²) in [6, 6.07) is 16.2. The molecule has 1 unspecified atom stereocenters. The van der Waals surface area contributed by atoms with E-state index in [-0.39, 0.29) is 5.63 Å². The van der Waals surface area contributed by atoms with Crippen LogP contribution in [0, 0.1) is 0 Å². The van der Waals surface area contributed by atoms with Crippen LogP contribution in [0.15, 0.2) is 57.7 Å². The molecule has 1 aromatic heterocycles. The number of benzene rings is 2. The highest BCUT2D eigenvalue weighted by Gasteiger charge is 2.23. The van der Waals surface area contributed by atoms with Crippen molar-refractivity contribution in [2.45, 2.75) is 45.6 Å². The second-order valence-corrected chi connectivity index (χ2v) is 7.71. The van der Waals surface area contributed by atoms with E-state index in [1.165, 1.54) is 5.56 Å². The Morgan fingerprint density at radius 2 is 1.96 bits per heavy atom. The highest BCUT2D eigenvalue weighted by molar-refractivity contribution is 5.85. The Hall–Kier alpha value is -2.59. The summed E-state index contributed by atoms with van der Waals surface area (Å²) in [7, 11) is 0. The Balaban J connectivity index is 1.63. The lowest BCUT2D eigenvalue weighted by Gasteiger charge is -2.31. The summed E-state index contributed by atoms with van der Waals surface area (Å²) in [5.41, 5.74) is 3.79. The van der Waals surface area contributed by atoms with Gasteiger partial charge in [-0.3, -0.25) is 4.90 Å². The number of nitrogens with zero attached hydrogens (tertiary/aromatic N) is 1. The van der Waals surface area contributed by atoms with Crippen LogP contribution in [0.2, 0.25) is 0 Å². The van der Waals surface area contributed by atoms with E-state index >= 15 is 0 Å². The Labute approximate surface area is 165 Å². The van der Waals surface area contributed by atoms with Gasteiger partial charge in [0.2, 0.25) is 0 Å². The summed E-state index contributed by atoms with van der Waals surface area (Å²) in [6.45, 7) is 6.56. The Kier molecular flexibility index (Phi) is 5.49. The summed E-state index contributed by atoms with van der Waals surface area (Å²) >= 11 is 0. The van der Waals surface area contributed by atoms with Crippen molar-refractivity contribution < 1.29 is 9.15 Å². The fraction of sp³-hybridized carbons (Fsp3) is 0.375. The molecular weight excluding hydrogens is 350 g/mol. The number of aryl methyl sites for hydroxylation is 1. The van der Waals surface area contributed by atoms with Gasteiger partial charge in [0.15, 0.2) is 0 Å². The van der Waals surface area contributed by atoms with Gasteiger partial charge in [-0.2, -0.15) is 0 Å². The van der Waals surface area contributed by atoms with Crippen LogP contribution in [0.1, 0.15) is 49.3 Å². The van der Waals surface area contributed by atoms with Gasteiger partial charge >= 0.3 is 5.63 Å². The molecule has 1 aliphatic rings. The van der Waals surface area contributed by atoms with Gasteiger partial charge in [-0.25, -0.2) is 4.79 Å². The summed E-state index contributed by atoms with van der Waals surface area (Å²) in [6.07, 6.45) is 3.06. The lowest BCUT2D eigenvalue weighted by molar-refractivity contribution is 0.0909. The lowest BCUT2D eigenvalue weighted by Crippen LogP contribution is -2.34. The maximum atomic E-state index is 12.2. The molecule has 0 bridgehead atoms. The molecule has 4 nitrogen and oxygen atoms in total. The standard InChI is InChI=1S/C24H27NO3/c1-3-4-8-19-13-23(26)28-24-20(19)11-12-22-21(24)15-25(16-27-22)14-17(2)18-9-6-5-7-10-18/h5-7,9-13,17H,3-4,8,14-16H2,1-2H3. The monoisotopic (exact) mass is 377 g/mol. The fourth-order valence-electron chi connectivity index (χ4n) is 4.01. The zero-order valence-corrected chi connectivity index (χ0v) is 16.6. The summed E-state index contributed by atoms with van der Waals surface area (Å²) in [5, 5.41) is 1.04. The molecule has 0 fully saturated rings. The van der Waals surface area contributed by atoms with Crippen LogP contribution in [-0.2, 0) is 13.0 Å². The van der Waals surface area contributed by atoms with Crippen LogP contribution in [0.4, 0.5) is 0 Å². The van der Waals surface area contributed by atoms with E-state index in [9.17, 15) is 4.79 Å². The molecule has 0 radical (unpaired) electrons. The van der Waals surface area contributed by atoms with Crippen LogP contribution < -0.4 is 10.4 Å². The second-order valence-electron chi connectivity index (χ2n) is 7.71. The van der Waals surface area contributed by atoms with Gasteiger partial charge in [0, 0.05) is 24.5 Å². The van der Waals surface area contributed by atoms with E-state index in [1.54, 1.807) is 6.07 Å². The molecule has 3 aromatic rings. The van der Waals surface area contributed by atoms with Crippen LogP contribution in [0.3, 0.4) is 0 Å². The molecule has 4 rings (SSSR count). The minimum absolute atomic E-state index is 0.276. The molecule has 0 spiro atoms. The Morgan fingerprint density at radius 1 is 1.14 bits per heavy atom. The van der Waals surface area contributed by atoms with E-state index < -0.39 is 0 Å². The zero-order chi connectivity index (χ0) is 19.5. The molecule has 0 N–H and O–H groups in total. The van der Waals surface area contributed by atoms with Crippen molar-refractivity contribution in [3.63, 3.8) is 0 Å². The first kappa shape index (κ1) is 18.8. The fourth-order valence-corrected chi connectivity index (χ4v) is 4.01. The molecule has 4 heteroatoms. The zero-order valence-electron chi connectivity index (χ0n) is 16.6.